The Morgan fingerprint density at radius 1 is 1.41 bits per heavy atom. The summed E-state index contributed by atoms with van der Waals surface area (Å²) in [6.07, 6.45) is 0. The van der Waals surface area contributed by atoms with Crippen LogP contribution < -0.4 is 5.32 Å². The minimum absolute atomic E-state index is 0.0207. The lowest BCUT2D eigenvalue weighted by Crippen LogP contribution is -2.26. The third kappa shape index (κ3) is 3.20. The molecule has 0 amide bonds. The van der Waals surface area contributed by atoms with Crippen molar-refractivity contribution in [1.29, 1.82) is 0 Å². The minimum Gasteiger partial charge on any atom is -0.480 e. The lowest BCUT2D eigenvalue weighted by molar-refractivity contribution is -0.137. The van der Waals surface area contributed by atoms with Gasteiger partial charge < -0.3 is 10.4 Å². The molecule has 0 aliphatic rings. The molecule has 94 valence electrons. The molecule has 0 fully saturated rings. The minimum atomic E-state index is -3.36. The highest BCUT2D eigenvalue weighted by molar-refractivity contribution is 7.91. The van der Waals surface area contributed by atoms with Crippen LogP contribution in [0.15, 0.2) is 29.2 Å². The summed E-state index contributed by atoms with van der Waals surface area (Å²) in [6.45, 7) is 3.00. The molecule has 1 atom stereocenters. The van der Waals surface area contributed by atoms with Crippen LogP contribution in [0.25, 0.3) is 0 Å². The topological polar surface area (TPSA) is 83.5 Å². The van der Waals surface area contributed by atoms with Crippen molar-refractivity contribution in [2.24, 2.45) is 0 Å². The van der Waals surface area contributed by atoms with Gasteiger partial charge in [0, 0.05) is 0 Å². The summed E-state index contributed by atoms with van der Waals surface area (Å²) in [5, 5.41) is 11.5. The molecule has 2 N–H and O–H groups in total. The van der Waals surface area contributed by atoms with E-state index in [1.165, 1.54) is 13.0 Å². The Labute approximate surface area is 100 Å². The van der Waals surface area contributed by atoms with Gasteiger partial charge in [0.05, 0.1) is 16.3 Å². The molecule has 0 heterocycles. The predicted octanol–water partition coefficient (Wildman–Crippen LogP) is 1.37. The number of anilines is 1. The summed E-state index contributed by atoms with van der Waals surface area (Å²) < 4.78 is 23.6. The van der Waals surface area contributed by atoms with Gasteiger partial charge >= 0.3 is 5.97 Å². The van der Waals surface area contributed by atoms with E-state index >= 15 is 0 Å². The standard InChI is InChI=1S/C11H15NO4S/c1-3-17(15,16)10-7-5-4-6-9(10)12-8(2)11(13)14/h4-8,12H,3H2,1-2H3,(H,13,14). The number of rotatable bonds is 5. The van der Waals surface area contributed by atoms with Crippen molar-refractivity contribution < 1.29 is 18.3 Å². The molecule has 0 radical (unpaired) electrons. The number of carbonyl (C=O) groups is 1. The van der Waals surface area contributed by atoms with Crippen molar-refractivity contribution in [2.75, 3.05) is 11.1 Å². The average molecular weight is 257 g/mol. The second-order valence-corrected chi connectivity index (χ2v) is 5.85. The first-order chi connectivity index (χ1) is 7.88. The number of sulfone groups is 1. The Hall–Kier alpha value is -1.56. The van der Waals surface area contributed by atoms with Crippen molar-refractivity contribution in [1.82, 2.24) is 0 Å². The Morgan fingerprint density at radius 3 is 2.53 bits per heavy atom. The summed E-state index contributed by atoms with van der Waals surface area (Å²) in [6, 6.07) is 5.45. The molecule has 0 saturated heterocycles. The third-order valence-electron chi connectivity index (χ3n) is 2.34. The first-order valence-corrected chi connectivity index (χ1v) is 6.85. The molecule has 6 heteroatoms. The molecule has 0 aliphatic heterocycles. The number of benzene rings is 1. The first-order valence-electron chi connectivity index (χ1n) is 5.19. The Kier molecular flexibility index (Phi) is 4.11. The van der Waals surface area contributed by atoms with Gasteiger partial charge in [0.1, 0.15) is 6.04 Å². The number of nitrogens with one attached hydrogen (secondary N) is 1. The second-order valence-electron chi connectivity index (χ2n) is 3.60. The van der Waals surface area contributed by atoms with Crippen molar-refractivity contribution in [2.45, 2.75) is 24.8 Å². The van der Waals surface area contributed by atoms with Crippen molar-refractivity contribution in [3.63, 3.8) is 0 Å². The fourth-order valence-corrected chi connectivity index (χ4v) is 2.37. The molecule has 0 spiro atoms. The SMILES string of the molecule is CCS(=O)(=O)c1ccccc1NC(C)C(=O)O. The van der Waals surface area contributed by atoms with Gasteiger partial charge in [-0.1, -0.05) is 19.1 Å². The smallest absolute Gasteiger partial charge is 0.325 e. The summed E-state index contributed by atoms with van der Waals surface area (Å²) >= 11 is 0. The number of para-hydroxylation sites is 1. The number of hydrogen-bond donors (Lipinski definition) is 2. The Morgan fingerprint density at radius 2 is 2.00 bits per heavy atom. The van der Waals surface area contributed by atoms with Gasteiger partial charge in [0.25, 0.3) is 0 Å². The quantitative estimate of drug-likeness (QED) is 0.832. The highest BCUT2D eigenvalue weighted by atomic mass is 32.2. The molecule has 5 nitrogen and oxygen atoms in total. The third-order valence-corrected chi connectivity index (χ3v) is 4.13. The second kappa shape index (κ2) is 5.18. The molecular formula is C11H15NO4S. The predicted molar refractivity (Wildman–Crippen MR) is 64.9 cm³/mol. The van der Waals surface area contributed by atoms with Crippen molar-refractivity contribution >= 4 is 21.5 Å². The molecule has 1 rings (SSSR count). The lowest BCUT2D eigenvalue weighted by Gasteiger charge is -2.14. The lowest BCUT2D eigenvalue weighted by atomic mass is 10.2. The van der Waals surface area contributed by atoms with E-state index in [2.05, 4.69) is 5.32 Å². The molecule has 17 heavy (non-hydrogen) atoms. The van der Waals surface area contributed by atoms with Crippen LogP contribution in [0, 0.1) is 0 Å². The molecule has 0 saturated carbocycles. The Balaban J connectivity index is 3.14. The summed E-state index contributed by atoms with van der Waals surface area (Å²) in [7, 11) is -3.36. The largest absolute Gasteiger partial charge is 0.480 e. The fraction of sp³-hybridized carbons (Fsp3) is 0.364. The van der Waals surface area contributed by atoms with E-state index in [9.17, 15) is 13.2 Å². The molecule has 0 aliphatic carbocycles. The number of aliphatic carboxylic acids is 1. The van der Waals surface area contributed by atoms with E-state index in [0.717, 1.165) is 0 Å². The van der Waals surface area contributed by atoms with Crippen LogP contribution in [0.5, 0.6) is 0 Å². The maximum Gasteiger partial charge on any atom is 0.325 e. The van der Waals surface area contributed by atoms with Gasteiger partial charge in [-0.25, -0.2) is 8.42 Å². The molecule has 1 aromatic rings. The van der Waals surface area contributed by atoms with Gasteiger partial charge in [0.2, 0.25) is 0 Å². The van der Waals surface area contributed by atoms with Crippen LogP contribution in [0.4, 0.5) is 5.69 Å². The molecule has 0 bridgehead atoms. The van der Waals surface area contributed by atoms with Gasteiger partial charge in [-0.15, -0.1) is 0 Å². The van der Waals surface area contributed by atoms with Crippen LogP contribution in [0.3, 0.4) is 0 Å². The van der Waals surface area contributed by atoms with Crippen molar-refractivity contribution in [3.8, 4) is 0 Å². The van der Waals surface area contributed by atoms with Crippen LogP contribution in [-0.4, -0.2) is 31.3 Å². The summed E-state index contributed by atoms with van der Waals surface area (Å²) in [4.78, 5) is 10.9. The molecule has 0 aromatic heterocycles. The number of carboxylic acids is 1. The number of carboxylic acid groups (broad SMARTS) is 1. The van der Waals surface area contributed by atoms with E-state index in [-0.39, 0.29) is 10.6 Å². The summed E-state index contributed by atoms with van der Waals surface area (Å²) in [5.41, 5.74) is 0.323. The van der Waals surface area contributed by atoms with Crippen LogP contribution >= 0.6 is 0 Å². The zero-order valence-corrected chi connectivity index (χ0v) is 10.5. The van der Waals surface area contributed by atoms with Gasteiger partial charge in [-0.3, -0.25) is 4.79 Å². The average Bonchev–Trinajstić information content (AvgIpc) is 2.29. The van der Waals surface area contributed by atoms with E-state index in [1.54, 1.807) is 25.1 Å². The van der Waals surface area contributed by atoms with Crippen molar-refractivity contribution in [3.05, 3.63) is 24.3 Å². The number of hydrogen-bond acceptors (Lipinski definition) is 4. The van der Waals surface area contributed by atoms with Crippen LogP contribution in [0.2, 0.25) is 0 Å². The zero-order valence-electron chi connectivity index (χ0n) is 9.67. The van der Waals surface area contributed by atoms with E-state index in [1.807, 2.05) is 0 Å². The van der Waals surface area contributed by atoms with E-state index in [0.29, 0.717) is 5.69 Å². The van der Waals surface area contributed by atoms with E-state index in [4.69, 9.17) is 5.11 Å². The van der Waals surface area contributed by atoms with Gasteiger partial charge in [0.15, 0.2) is 9.84 Å². The normalized spacial score (nSPS) is 13.1. The monoisotopic (exact) mass is 257 g/mol. The van der Waals surface area contributed by atoms with E-state index < -0.39 is 21.8 Å². The highest BCUT2D eigenvalue weighted by Crippen LogP contribution is 2.22. The zero-order chi connectivity index (χ0) is 13.1. The van der Waals surface area contributed by atoms with Gasteiger partial charge in [-0.2, -0.15) is 0 Å². The molecular weight excluding hydrogens is 242 g/mol. The maximum atomic E-state index is 11.8. The molecule has 1 aromatic carbocycles. The van der Waals surface area contributed by atoms with Gasteiger partial charge in [-0.05, 0) is 19.1 Å². The summed E-state index contributed by atoms with van der Waals surface area (Å²) in [5.74, 6) is -1.05. The Bertz CT molecular complexity index is 510. The van der Waals surface area contributed by atoms with Crippen LogP contribution in [-0.2, 0) is 14.6 Å². The molecule has 1 unspecified atom stereocenters. The fourth-order valence-electron chi connectivity index (χ4n) is 1.31. The van der Waals surface area contributed by atoms with Crippen LogP contribution in [0.1, 0.15) is 13.8 Å². The first kappa shape index (κ1) is 13.5. The highest BCUT2D eigenvalue weighted by Gasteiger charge is 2.18. The maximum absolute atomic E-state index is 11.8.